The van der Waals surface area contributed by atoms with Crippen molar-refractivity contribution in [2.24, 2.45) is 0 Å². The van der Waals surface area contributed by atoms with Gasteiger partial charge in [0.25, 0.3) is 0 Å². The maximum atomic E-state index is 13.3. The SMILES string of the molecule is Cc1nccn1Cc1ccc(NC(=O)C2(c3ccc(Cl)cc3)CCCC2)cc1. The monoisotopic (exact) mass is 393 g/mol. The lowest BCUT2D eigenvalue weighted by Crippen LogP contribution is -2.37. The van der Waals surface area contributed by atoms with Crippen molar-refractivity contribution in [2.45, 2.75) is 44.6 Å². The molecule has 1 heterocycles. The number of imidazole rings is 1. The average Bonchev–Trinajstić information content (AvgIpc) is 3.34. The van der Waals surface area contributed by atoms with Gasteiger partial charge in [0, 0.05) is 29.6 Å². The third-order valence-electron chi connectivity index (χ3n) is 5.78. The summed E-state index contributed by atoms with van der Waals surface area (Å²) < 4.78 is 2.10. The van der Waals surface area contributed by atoms with E-state index in [1.165, 1.54) is 5.56 Å². The summed E-state index contributed by atoms with van der Waals surface area (Å²) in [5.41, 5.74) is 2.60. The molecule has 1 amide bonds. The molecule has 4 rings (SSSR count). The number of carbonyl (C=O) groups excluding carboxylic acids is 1. The second kappa shape index (κ2) is 7.80. The van der Waals surface area contributed by atoms with Crippen LogP contribution in [0.15, 0.2) is 60.9 Å². The Hall–Kier alpha value is -2.59. The maximum Gasteiger partial charge on any atom is 0.235 e. The molecule has 4 nitrogen and oxygen atoms in total. The minimum absolute atomic E-state index is 0.0746. The maximum absolute atomic E-state index is 13.3. The molecule has 0 bridgehead atoms. The molecule has 1 saturated carbocycles. The Morgan fingerprint density at radius 2 is 1.79 bits per heavy atom. The molecule has 1 N–H and O–H groups in total. The van der Waals surface area contributed by atoms with Crippen LogP contribution in [-0.2, 0) is 16.8 Å². The van der Waals surface area contributed by atoms with Gasteiger partial charge in [0.05, 0.1) is 5.41 Å². The highest BCUT2D eigenvalue weighted by molar-refractivity contribution is 6.30. The van der Waals surface area contributed by atoms with E-state index < -0.39 is 5.41 Å². The topological polar surface area (TPSA) is 46.9 Å². The van der Waals surface area contributed by atoms with Gasteiger partial charge >= 0.3 is 0 Å². The van der Waals surface area contributed by atoms with Crippen LogP contribution < -0.4 is 5.32 Å². The van der Waals surface area contributed by atoms with Crippen LogP contribution in [0.3, 0.4) is 0 Å². The molecule has 2 aromatic carbocycles. The van der Waals surface area contributed by atoms with Crippen molar-refractivity contribution in [3.63, 3.8) is 0 Å². The lowest BCUT2D eigenvalue weighted by atomic mass is 9.78. The summed E-state index contributed by atoms with van der Waals surface area (Å²) in [5.74, 6) is 1.06. The van der Waals surface area contributed by atoms with E-state index in [-0.39, 0.29) is 5.91 Å². The molecule has 1 aliphatic carbocycles. The molecule has 1 fully saturated rings. The van der Waals surface area contributed by atoms with Crippen LogP contribution in [0.2, 0.25) is 5.02 Å². The van der Waals surface area contributed by atoms with E-state index in [9.17, 15) is 4.79 Å². The van der Waals surface area contributed by atoms with Gasteiger partial charge in [-0.05, 0) is 55.2 Å². The molecule has 28 heavy (non-hydrogen) atoms. The number of nitrogens with one attached hydrogen (secondary N) is 1. The van der Waals surface area contributed by atoms with E-state index in [1.54, 1.807) is 0 Å². The van der Waals surface area contributed by atoms with Crippen LogP contribution >= 0.6 is 11.6 Å². The van der Waals surface area contributed by atoms with Gasteiger partial charge in [-0.3, -0.25) is 4.79 Å². The van der Waals surface area contributed by atoms with E-state index in [1.807, 2.05) is 55.7 Å². The molecular weight excluding hydrogens is 370 g/mol. The zero-order valence-corrected chi connectivity index (χ0v) is 16.7. The lowest BCUT2D eigenvalue weighted by molar-refractivity contribution is -0.121. The Kier molecular flexibility index (Phi) is 5.23. The number of aromatic nitrogens is 2. The molecule has 0 spiro atoms. The molecule has 0 radical (unpaired) electrons. The predicted molar refractivity (Wildman–Crippen MR) is 113 cm³/mol. The Morgan fingerprint density at radius 1 is 1.11 bits per heavy atom. The number of amides is 1. The van der Waals surface area contributed by atoms with Crippen molar-refractivity contribution >= 4 is 23.2 Å². The zero-order valence-electron chi connectivity index (χ0n) is 16.0. The number of hydrogen-bond acceptors (Lipinski definition) is 2. The van der Waals surface area contributed by atoms with E-state index in [0.29, 0.717) is 5.02 Å². The third kappa shape index (κ3) is 3.69. The minimum Gasteiger partial charge on any atom is -0.331 e. The molecule has 5 heteroatoms. The Labute approximate surface area is 170 Å². The van der Waals surface area contributed by atoms with Crippen LogP contribution in [0.4, 0.5) is 5.69 Å². The first-order chi connectivity index (χ1) is 13.6. The molecule has 3 aromatic rings. The molecule has 1 aliphatic rings. The first kappa shape index (κ1) is 18.8. The normalized spacial score (nSPS) is 15.5. The van der Waals surface area contributed by atoms with Gasteiger partial charge in [-0.1, -0.05) is 48.7 Å². The molecular formula is C23H24ClN3O. The number of rotatable bonds is 5. The van der Waals surface area contributed by atoms with Crippen molar-refractivity contribution in [2.75, 3.05) is 5.32 Å². The minimum atomic E-state index is -0.461. The van der Waals surface area contributed by atoms with Crippen molar-refractivity contribution in [3.8, 4) is 0 Å². The number of anilines is 1. The Balaban J connectivity index is 1.50. The summed E-state index contributed by atoms with van der Waals surface area (Å²) in [6.45, 7) is 2.77. The number of benzene rings is 2. The second-order valence-electron chi connectivity index (χ2n) is 7.55. The zero-order chi connectivity index (χ0) is 19.6. The van der Waals surface area contributed by atoms with Gasteiger partial charge in [-0.25, -0.2) is 4.98 Å². The number of aryl methyl sites for hydroxylation is 1. The number of halogens is 1. The summed E-state index contributed by atoms with van der Waals surface area (Å²) >= 11 is 6.04. The third-order valence-corrected chi connectivity index (χ3v) is 6.03. The van der Waals surface area contributed by atoms with Gasteiger partial charge in [-0.2, -0.15) is 0 Å². The van der Waals surface area contributed by atoms with E-state index in [2.05, 4.69) is 27.0 Å². The van der Waals surface area contributed by atoms with Crippen LogP contribution in [0, 0.1) is 6.92 Å². The largest absolute Gasteiger partial charge is 0.331 e. The summed E-state index contributed by atoms with van der Waals surface area (Å²) in [6.07, 6.45) is 7.66. The summed E-state index contributed by atoms with van der Waals surface area (Å²) in [7, 11) is 0. The van der Waals surface area contributed by atoms with Gasteiger partial charge < -0.3 is 9.88 Å². The quantitative estimate of drug-likeness (QED) is 0.635. The lowest BCUT2D eigenvalue weighted by Gasteiger charge is -2.28. The number of carbonyl (C=O) groups is 1. The number of nitrogens with zero attached hydrogens (tertiary/aromatic N) is 2. The Morgan fingerprint density at radius 3 is 2.39 bits per heavy atom. The molecule has 0 atom stereocenters. The molecule has 1 aromatic heterocycles. The smallest absolute Gasteiger partial charge is 0.235 e. The first-order valence-electron chi connectivity index (χ1n) is 9.71. The molecule has 0 aliphatic heterocycles. The van der Waals surface area contributed by atoms with E-state index in [4.69, 9.17) is 11.6 Å². The van der Waals surface area contributed by atoms with Crippen molar-refractivity contribution in [3.05, 3.63) is 82.9 Å². The van der Waals surface area contributed by atoms with Crippen molar-refractivity contribution in [1.82, 2.24) is 9.55 Å². The first-order valence-corrected chi connectivity index (χ1v) is 10.1. The predicted octanol–water partition coefficient (Wildman–Crippen LogP) is 5.34. The van der Waals surface area contributed by atoms with Gasteiger partial charge in [0.15, 0.2) is 0 Å². The van der Waals surface area contributed by atoms with E-state index >= 15 is 0 Å². The summed E-state index contributed by atoms with van der Waals surface area (Å²) in [5, 5.41) is 3.84. The fourth-order valence-corrected chi connectivity index (χ4v) is 4.23. The van der Waals surface area contributed by atoms with Crippen molar-refractivity contribution in [1.29, 1.82) is 0 Å². The van der Waals surface area contributed by atoms with Gasteiger partial charge in [0.1, 0.15) is 5.82 Å². The highest BCUT2D eigenvalue weighted by Crippen LogP contribution is 2.42. The van der Waals surface area contributed by atoms with Crippen LogP contribution in [0.5, 0.6) is 0 Å². The standard InChI is InChI=1S/C23H24ClN3O/c1-17-25-14-15-27(17)16-18-4-10-21(11-5-18)26-22(28)23(12-2-3-13-23)19-6-8-20(24)9-7-19/h4-11,14-15H,2-3,12-13,16H2,1H3,(H,26,28). The van der Waals surface area contributed by atoms with Crippen LogP contribution in [-0.4, -0.2) is 15.5 Å². The highest BCUT2D eigenvalue weighted by atomic mass is 35.5. The Bertz CT molecular complexity index is 954. The average molecular weight is 394 g/mol. The highest BCUT2D eigenvalue weighted by Gasteiger charge is 2.42. The number of hydrogen-bond donors (Lipinski definition) is 1. The molecule has 0 unspecified atom stereocenters. The fraction of sp³-hybridized carbons (Fsp3) is 0.304. The van der Waals surface area contributed by atoms with Gasteiger partial charge in [-0.15, -0.1) is 0 Å². The summed E-state index contributed by atoms with van der Waals surface area (Å²) in [6, 6.07) is 15.8. The van der Waals surface area contributed by atoms with Gasteiger partial charge in [0.2, 0.25) is 5.91 Å². The van der Waals surface area contributed by atoms with Crippen LogP contribution in [0.1, 0.15) is 42.6 Å². The molecule has 0 saturated heterocycles. The second-order valence-corrected chi connectivity index (χ2v) is 7.99. The van der Waals surface area contributed by atoms with Crippen LogP contribution in [0.25, 0.3) is 0 Å². The molecule has 144 valence electrons. The fourth-order valence-electron chi connectivity index (χ4n) is 4.11. The summed E-state index contributed by atoms with van der Waals surface area (Å²) in [4.78, 5) is 17.5. The van der Waals surface area contributed by atoms with E-state index in [0.717, 1.165) is 49.3 Å². The van der Waals surface area contributed by atoms with Crippen molar-refractivity contribution < 1.29 is 4.79 Å².